The number of rotatable bonds is 5. The molecular weight excluding hydrogens is 354 g/mol. The van der Waals surface area contributed by atoms with Gasteiger partial charge in [0.25, 0.3) is 5.91 Å². The minimum Gasteiger partial charge on any atom is -0.472 e. The van der Waals surface area contributed by atoms with E-state index in [-0.39, 0.29) is 17.9 Å². The van der Waals surface area contributed by atoms with E-state index in [0.717, 1.165) is 38.9 Å². The van der Waals surface area contributed by atoms with Crippen LogP contribution in [0.1, 0.15) is 46.8 Å². The Morgan fingerprint density at radius 1 is 1.11 bits per heavy atom. The molecule has 6 nitrogen and oxygen atoms in total. The first kappa shape index (κ1) is 18.7. The third-order valence-electron chi connectivity index (χ3n) is 5.79. The van der Waals surface area contributed by atoms with E-state index in [1.807, 2.05) is 11.0 Å². The first-order valence-corrected chi connectivity index (χ1v) is 10.1. The number of furan rings is 1. The topological polar surface area (TPSA) is 65.8 Å². The Morgan fingerprint density at radius 3 is 2.71 bits per heavy atom. The van der Waals surface area contributed by atoms with E-state index in [0.29, 0.717) is 25.1 Å². The Morgan fingerprint density at radius 2 is 1.93 bits per heavy atom. The summed E-state index contributed by atoms with van der Waals surface area (Å²) in [5, 5.41) is 3.22. The average Bonchev–Trinajstić information content (AvgIpc) is 3.27. The Balaban J connectivity index is 1.22. The van der Waals surface area contributed by atoms with Crippen molar-refractivity contribution in [3.63, 3.8) is 0 Å². The average molecular weight is 381 g/mol. The molecule has 0 bridgehead atoms. The summed E-state index contributed by atoms with van der Waals surface area (Å²) < 4.78 is 4.99. The summed E-state index contributed by atoms with van der Waals surface area (Å²) in [7, 11) is 0. The van der Waals surface area contributed by atoms with Crippen molar-refractivity contribution < 1.29 is 14.0 Å². The van der Waals surface area contributed by atoms with Gasteiger partial charge in [-0.2, -0.15) is 0 Å². The van der Waals surface area contributed by atoms with E-state index in [1.165, 1.54) is 23.7 Å². The molecule has 148 valence electrons. The van der Waals surface area contributed by atoms with Crippen LogP contribution in [-0.2, 0) is 11.2 Å². The molecule has 1 aliphatic heterocycles. The number of carbonyl (C=O) groups is 2. The molecule has 0 radical (unpaired) electrons. The standard InChI is InChI=1S/C22H27N3O3/c26-21(23-20-7-3-5-17-4-1-2-6-19(17)20)8-10-24-11-13-25(14-12-24)22(27)18-9-15-28-16-18/h1-2,4,6,9,15-16,20H,3,5,7-8,10-14H2,(H,23,26). The molecule has 2 aliphatic rings. The SMILES string of the molecule is O=C(CCN1CCN(C(=O)c2ccoc2)CC1)NC1CCCc2ccccc21. The molecule has 0 saturated carbocycles. The zero-order chi connectivity index (χ0) is 19.3. The molecule has 1 saturated heterocycles. The summed E-state index contributed by atoms with van der Waals surface area (Å²) in [6.07, 6.45) is 6.74. The van der Waals surface area contributed by atoms with Crippen LogP contribution in [0, 0.1) is 0 Å². The smallest absolute Gasteiger partial charge is 0.257 e. The third-order valence-corrected chi connectivity index (χ3v) is 5.79. The number of hydrogen-bond donors (Lipinski definition) is 1. The second-order valence-electron chi connectivity index (χ2n) is 7.61. The van der Waals surface area contributed by atoms with Gasteiger partial charge >= 0.3 is 0 Å². The predicted molar refractivity (Wildman–Crippen MR) is 106 cm³/mol. The van der Waals surface area contributed by atoms with E-state index in [9.17, 15) is 9.59 Å². The van der Waals surface area contributed by atoms with Crippen molar-refractivity contribution in [1.82, 2.24) is 15.1 Å². The van der Waals surface area contributed by atoms with Crippen LogP contribution in [0.2, 0.25) is 0 Å². The summed E-state index contributed by atoms with van der Waals surface area (Å²) in [5.41, 5.74) is 3.23. The molecule has 1 aliphatic carbocycles. The van der Waals surface area contributed by atoms with Crippen LogP contribution in [0.3, 0.4) is 0 Å². The molecule has 1 aromatic heterocycles. The first-order chi connectivity index (χ1) is 13.7. The molecule has 1 unspecified atom stereocenters. The van der Waals surface area contributed by atoms with Crippen LogP contribution >= 0.6 is 0 Å². The van der Waals surface area contributed by atoms with Crippen LogP contribution in [-0.4, -0.2) is 54.3 Å². The van der Waals surface area contributed by atoms with Gasteiger partial charge in [-0.25, -0.2) is 0 Å². The van der Waals surface area contributed by atoms with E-state index in [4.69, 9.17) is 4.42 Å². The Hall–Kier alpha value is -2.60. The van der Waals surface area contributed by atoms with Gasteiger partial charge in [0.1, 0.15) is 6.26 Å². The number of nitrogens with zero attached hydrogens (tertiary/aromatic N) is 2. The van der Waals surface area contributed by atoms with Crippen molar-refractivity contribution in [1.29, 1.82) is 0 Å². The molecule has 1 atom stereocenters. The molecule has 1 fully saturated rings. The van der Waals surface area contributed by atoms with Crippen LogP contribution in [0.4, 0.5) is 0 Å². The van der Waals surface area contributed by atoms with Crippen LogP contribution in [0.5, 0.6) is 0 Å². The zero-order valence-electron chi connectivity index (χ0n) is 16.1. The lowest BCUT2D eigenvalue weighted by Crippen LogP contribution is -2.49. The molecule has 6 heteroatoms. The van der Waals surface area contributed by atoms with Crippen LogP contribution in [0.25, 0.3) is 0 Å². The number of nitrogens with one attached hydrogen (secondary N) is 1. The van der Waals surface area contributed by atoms with E-state index in [1.54, 1.807) is 6.07 Å². The number of aryl methyl sites for hydroxylation is 1. The van der Waals surface area contributed by atoms with E-state index in [2.05, 4.69) is 28.4 Å². The van der Waals surface area contributed by atoms with Crippen molar-refractivity contribution in [2.75, 3.05) is 32.7 Å². The van der Waals surface area contributed by atoms with Gasteiger partial charge in [-0.05, 0) is 36.5 Å². The van der Waals surface area contributed by atoms with Gasteiger partial charge in [-0.1, -0.05) is 24.3 Å². The van der Waals surface area contributed by atoms with E-state index >= 15 is 0 Å². The van der Waals surface area contributed by atoms with Gasteiger partial charge < -0.3 is 14.6 Å². The summed E-state index contributed by atoms with van der Waals surface area (Å²) in [6.45, 7) is 3.68. The number of carbonyl (C=O) groups excluding carboxylic acids is 2. The van der Waals surface area contributed by atoms with E-state index < -0.39 is 0 Å². The molecule has 1 N–H and O–H groups in total. The molecule has 2 heterocycles. The van der Waals surface area contributed by atoms with Gasteiger partial charge in [0, 0.05) is 39.1 Å². The summed E-state index contributed by atoms with van der Waals surface area (Å²) in [5.74, 6) is 0.126. The highest BCUT2D eigenvalue weighted by atomic mass is 16.3. The monoisotopic (exact) mass is 381 g/mol. The summed E-state index contributed by atoms with van der Waals surface area (Å²) in [4.78, 5) is 28.9. The van der Waals surface area contributed by atoms with Crippen LogP contribution in [0.15, 0.2) is 47.3 Å². The van der Waals surface area contributed by atoms with Gasteiger partial charge in [-0.15, -0.1) is 0 Å². The van der Waals surface area contributed by atoms with Gasteiger partial charge in [-0.3, -0.25) is 14.5 Å². The van der Waals surface area contributed by atoms with Crippen molar-refractivity contribution in [3.8, 4) is 0 Å². The summed E-state index contributed by atoms with van der Waals surface area (Å²) >= 11 is 0. The molecule has 2 aromatic rings. The fourth-order valence-electron chi connectivity index (χ4n) is 4.17. The minimum absolute atomic E-state index is 0.0158. The second-order valence-corrected chi connectivity index (χ2v) is 7.61. The summed E-state index contributed by atoms with van der Waals surface area (Å²) in [6, 6.07) is 10.3. The number of amides is 2. The van der Waals surface area contributed by atoms with Gasteiger partial charge in [0.15, 0.2) is 0 Å². The predicted octanol–water partition coefficient (Wildman–Crippen LogP) is 2.62. The highest BCUT2D eigenvalue weighted by Crippen LogP contribution is 2.29. The second kappa shape index (κ2) is 8.61. The van der Waals surface area contributed by atoms with Crippen molar-refractivity contribution in [2.24, 2.45) is 0 Å². The number of benzene rings is 1. The lowest BCUT2D eigenvalue weighted by Gasteiger charge is -2.34. The Labute approximate surface area is 165 Å². The Kier molecular flexibility index (Phi) is 5.76. The molecule has 28 heavy (non-hydrogen) atoms. The lowest BCUT2D eigenvalue weighted by molar-refractivity contribution is -0.122. The first-order valence-electron chi connectivity index (χ1n) is 10.1. The maximum absolute atomic E-state index is 12.5. The highest BCUT2D eigenvalue weighted by molar-refractivity contribution is 5.93. The quantitative estimate of drug-likeness (QED) is 0.865. The third kappa shape index (κ3) is 4.28. The number of hydrogen-bond acceptors (Lipinski definition) is 4. The maximum atomic E-state index is 12.5. The molecule has 0 spiro atoms. The van der Waals surface area contributed by atoms with Crippen molar-refractivity contribution in [2.45, 2.75) is 31.7 Å². The largest absolute Gasteiger partial charge is 0.472 e. The van der Waals surface area contributed by atoms with Gasteiger partial charge in [0.2, 0.25) is 5.91 Å². The van der Waals surface area contributed by atoms with Crippen LogP contribution < -0.4 is 5.32 Å². The molecule has 2 amide bonds. The normalized spacial score (nSPS) is 19.9. The highest BCUT2D eigenvalue weighted by Gasteiger charge is 2.24. The minimum atomic E-state index is 0.0158. The number of fused-ring (bicyclic) bond motifs is 1. The fraction of sp³-hybridized carbons (Fsp3) is 0.455. The number of piperazine rings is 1. The molecule has 4 rings (SSSR count). The molecular formula is C22H27N3O3. The lowest BCUT2D eigenvalue weighted by atomic mass is 9.87. The van der Waals surface area contributed by atoms with Gasteiger partial charge in [0.05, 0.1) is 17.9 Å². The Bertz CT molecular complexity index is 810. The van der Waals surface area contributed by atoms with Crippen molar-refractivity contribution >= 4 is 11.8 Å². The van der Waals surface area contributed by atoms with Crippen molar-refractivity contribution in [3.05, 3.63) is 59.5 Å². The fourth-order valence-corrected chi connectivity index (χ4v) is 4.17. The zero-order valence-corrected chi connectivity index (χ0v) is 16.1. The molecule has 1 aromatic carbocycles. The maximum Gasteiger partial charge on any atom is 0.257 e.